The van der Waals surface area contributed by atoms with E-state index in [1.807, 2.05) is 0 Å². The van der Waals surface area contributed by atoms with E-state index in [0.29, 0.717) is 5.56 Å². The smallest absolute Gasteiger partial charge is 0.338 e. The highest BCUT2D eigenvalue weighted by molar-refractivity contribution is 7.79. The van der Waals surface area contributed by atoms with E-state index in [-0.39, 0.29) is 15.5 Å². The average molecular weight is 249 g/mol. The summed E-state index contributed by atoms with van der Waals surface area (Å²) in [5.74, 6) is -0.559. The van der Waals surface area contributed by atoms with Crippen LogP contribution < -0.4 is 0 Å². The quantitative estimate of drug-likeness (QED) is 0.642. The molecule has 6 heteroatoms. The molecular formula is C9H9ClO4S. The van der Waals surface area contributed by atoms with E-state index in [1.54, 1.807) is 6.92 Å². The maximum absolute atomic E-state index is 11.3. The van der Waals surface area contributed by atoms with Gasteiger partial charge in [0.25, 0.3) is 0 Å². The van der Waals surface area contributed by atoms with Crippen molar-refractivity contribution >= 4 is 28.7 Å². The summed E-state index contributed by atoms with van der Waals surface area (Å²) < 4.78 is 24.5. The molecule has 0 aliphatic rings. The Morgan fingerprint density at radius 3 is 2.60 bits per heavy atom. The standard InChI is InChI=1S/C9H9ClO4S/c1-5-6(9(11)14-2)3-4-7(10)8(5)15(12)13/h3-4H,1-2H3,(H,12,13). The highest BCUT2D eigenvalue weighted by atomic mass is 35.5. The van der Waals surface area contributed by atoms with Gasteiger partial charge in [0.15, 0.2) is 11.1 Å². The van der Waals surface area contributed by atoms with Gasteiger partial charge in [0, 0.05) is 0 Å². The number of carbonyl (C=O) groups excluding carboxylic acids is 1. The van der Waals surface area contributed by atoms with Crippen molar-refractivity contribution < 1.29 is 18.3 Å². The summed E-state index contributed by atoms with van der Waals surface area (Å²) in [7, 11) is 1.24. The molecular weight excluding hydrogens is 240 g/mol. The Labute approximate surface area is 94.5 Å². The van der Waals surface area contributed by atoms with Crippen LogP contribution in [0.2, 0.25) is 5.02 Å². The summed E-state index contributed by atoms with van der Waals surface area (Å²) in [5, 5.41) is 0.154. The van der Waals surface area contributed by atoms with Crippen LogP contribution in [0.4, 0.5) is 0 Å². The van der Waals surface area contributed by atoms with E-state index in [0.717, 1.165) is 0 Å². The molecule has 0 aliphatic heterocycles. The lowest BCUT2D eigenvalue weighted by atomic mass is 10.1. The SMILES string of the molecule is COC(=O)c1ccc(Cl)c(S(=O)O)c1C. The molecule has 15 heavy (non-hydrogen) atoms. The number of hydrogen-bond donors (Lipinski definition) is 1. The van der Waals surface area contributed by atoms with Crippen molar-refractivity contribution in [2.75, 3.05) is 7.11 Å². The second kappa shape index (κ2) is 4.74. The van der Waals surface area contributed by atoms with E-state index in [4.69, 9.17) is 16.2 Å². The molecule has 1 aromatic carbocycles. The van der Waals surface area contributed by atoms with Crippen LogP contribution in [0.5, 0.6) is 0 Å². The van der Waals surface area contributed by atoms with Crippen LogP contribution in [0.25, 0.3) is 0 Å². The molecule has 1 rings (SSSR count). The molecule has 4 nitrogen and oxygen atoms in total. The summed E-state index contributed by atoms with van der Waals surface area (Å²) in [6.07, 6.45) is 0. The van der Waals surface area contributed by atoms with Crippen LogP contribution in [-0.4, -0.2) is 21.8 Å². The van der Waals surface area contributed by atoms with Crippen molar-refractivity contribution in [1.29, 1.82) is 0 Å². The number of esters is 1. The predicted octanol–water partition coefficient (Wildman–Crippen LogP) is 2.02. The van der Waals surface area contributed by atoms with Crippen LogP contribution in [0.15, 0.2) is 17.0 Å². The van der Waals surface area contributed by atoms with Crippen molar-refractivity contribution in [2.45, 2.75) is 11.8 Å². The van der Waals surface area contributed by atoms with Crippen molar-refractivity contribution in [3.8, 4) is 0 Å². The zero-order valence-electron chi connectivity index (χ0n) is 8.11. The third-order valence-electron chi connectivity index (χ3n) is 1.94. The fourth-order valence-corrected chi connectivity index (χ4v) is 2.21. The van der Waals surface area contributed by atoms with E-state index in [1.165, 1.54) is 19.2 Å². The molecule has 1 unspecified atom stereocenters. The fourth-order valence-electron chi connectivity index (χ4n) is 1.20. The number of halogens is 1. The molecule has 0 amide bonds. The highest BCUT2D eigenvalue weighted by Crippen LogP contribution is 2.26. The van der Waals surface area contributed by atoms with Crippen LogP contribution in [0, 0.1) is 6.92 Å². The van der Waals surface area contributed by atoms with Gasteiger partial charge < -0.3 is 9.29 Å². The molecule has 0 heterocycles. The topological polar surface area (TPSA) is 63.6 Å². The zero-order valence-corrected chi connectivity index (χ0v) is 9.69. The van der Waals surface area contributed by atoms with Gasteiger partial charge in [0.05, 0.1) is 22.6 Å². The number of carbonyl (C=O) groups is 1. The molecule has 0 radical (unpaired) electrons. The van der Waals surface area contributed by atoms with Crippen molar-refractivity contribution in [3.63, 3.8) is 0 Å². The molecule has 0 aromatic heterocycles. The molecule has 0 bridgehead atoms. The van der Waals surface area contributed by atoms with Crippen molar-refractivity contribution in [3.05, 3.63) is 28.3 Å². The van der Waals surface area contributed by atoms with Gasteiger partial charge >= 0.3 is 5.97 Å². The first-order valence-electron chi connectivity index (χ1n) is 3.97. The molecule has 0 saturated carbocycles. The first-order valence-corrected chi connectivity index (χ1v) is 5.45. The number of benzene rings is 1. The Balaban J connectivity index is 3.41. The minimum Gasteiger partial charge on any atom is -0.465 e. The largest absolute Gasteiger partial charge is 0.465 e. The average Bonchev–Trinajstić information content (AvgIpc) is 2.16. The number of rotatable bonds is 2. The molecule has 0 saturated heterocycles. The van der Waals surface area contributed by atoms with E-state index in [2.05, 4.69) is 4.74 Å². The van der Waals surface area contributed by atoms with E-state index >= 15 is 0 Å². The molecule has 0 spiro atoms. The highest BCUT2D eigenvalue weighted by Gasteiger charge is 2.17. The second-order valence-electron chi connectivity index (χ2n) is 2.79. The predicted molar refractivity (Wildman–Crippen MR) is 56.6 cm³/mol. The van der Waals surface area contributed by atoms with Crippen LogP contribution in [-0.2, 0) is 15.8 Å². The number of methoxy groups -OCH3 is 1. The third kappa shape index (κ3) is 2.37. The first kappa shape index (κ1) is 12.2. The molecule has 0 aliphatic carbocycles. The molecule has 1 aromatic rings. The first-order chi connectivity index (χ1) is 6.99. The number of ether oxygens (including phenoxy) is 1. The summed E-state index contributed by atoms with van der Waals surface area (Å²) in [6.45, 7) is 1.54. The Bertz CT molecular complexity index is 430. The molecule has 0 fully saturated rings. The van der Waals surface area contributed by atoms with Gasteiger partial charge in [0.1, 0.15) is 0 Å². The lowest BCUT2D eigenvalue weighted by Crippen LogP contribution is -2.07. The summed E-state index contributed by atoms with van der Waals surface area (Å²) in [5.41, 5.74) is 0.592. The van der Waals surface area contributed by atoms with Gasteiger partial charge in [-0.1, -0.05) is 11.6 Å². The van der Waals surface area contributed by atoms with Crippen molar-refractivity contribution in [2.24, 2.45) is 0 Å². The van der Waals surface area contributed by atoms with Gasteiger partial charge in [-0.3, -0.25) is 0 Å². The Hall–Kier alpha value is -0.910. The summed E-state index contributed by atoms with van der Waals surface area (Å²) >= 11 is 3.52. The van der Waals surface area contributed by atoms with Crippen molar-refractivity contribution in [1.82, 2.24) is 0 Å². The van der Waals surface area contributed by atoms with Gasteiger partial charge in [-0.25, -0.2) is 9.00 Å². The van der Waals surface area contributed by atoms with E-state index < -0.39 is 17.0 Å². The maximum Gasteiger partial charge on any atom is 0.338 e. The van der Waals surface area contributed by atoms with Gasteiger partial charge in [-0.2, -0.15) is 0 Å². The maximum atomic E-state index is 11.3. The summed E-state index contributed by atoms with van der Waals surface area (Å²) in [6, 6.07) is 2.85. The van der Waals surface area contributed by atoms with Crippen LogP contribution in [0.1, 0.15) is 15.9 Å². The number of hydrogen-bond acceptors (Lipinski definition) is 3. The van der Waals surface area contributed by atoms with Gasteiger partial charge in [-0.05, 0) is 24.6 Å². The van der Waals surface area contributed by atoms with Gasteiger partial charge in [-0.15, -0.1) is 0 Å². The lowest BCUT2D eigenvalue weighted by molar-refractivity contribution is 0.0599. The van der Waals surface area contributed by atoms with Gasteiger partial charge in [0.2, 0.25) is 0 Å². The Morgan fingerprint density at radius 2 is 2.13 bits per heavy atom. The monoisotopic (exact) mass is 248 g/mol. The Kier molecular flexibility index (Phi) is 3.84. The lowest BCUT2D eigenvalue weighted by Gasteiger charge is -2.08. The second-order valence-corrected chi connectivity index (χ2v) is 4.10. The third-order valence-corrected chi connectivity index (χ3v) is 3.24. The summed E-state index contributed by atoms with van der Waals surface area (Å²) in [4.78, 5) is 11.3. The molecule has 82 valence electrons. The zero-order chi connectivity index (χ0) is 11.6. The van der Waals surface area contributed by atoms with Crippen LogP contribution in [0.3, 0.4) is 0 Å². The Morgan fingerprint density at radius 1 is 1.53 bits per heavy atom. The molecule has 1 N–H and O–H groups in total. The normalized spacial score (nSPS) is 12.3. The minimum atomic E-state index is -2.22. The van der Waals surface area contributed by atoms with Crippen LogP contribution >= 0.6 is 11.6 Å². The fraction of sp³-hybridized carbons (Fsp3) is 0.222. The molecule has 1 atom stereocenters. The van der Waals surface area contributed by atoms with E-state index in [9.17, 15) is 9.00 Å². The minimum absolute atomic E-state index is 0.0413.